The standard InChI is InChI=1S/C33H32F2O3/c1-2-3-4-5-6-7-8-9-12-17-36-21-15-16-29-25(18-21)31-24-20-26(34)32-30(22-13-10-11-14-28(22)37-32)23(24)19-27(35)33(31)38-29/h10-11,13-16,18-20H,2-9,12,17H2,1H3. The Balaban J connectivity index is 1.29. The minimum absolute atomic E-state index is 0.120. The highest BCUT2D eigenvalue weighted by Gasteiger charge is 2.21. The third-order valence-corrected chi connectivity index (χ3v) is 7.58. The van der Waals surface area contributed by atoms with Crippen molar-refractivity contribution in [2.45, 2.75) is 64.7 Å². The molecule has 0 fully saturated rings. The van der Waals surface area contributed by atoms with Gasteiger partial charge in [-0.2, -0.15) is 0 Å². The summed E-state index contributed by atoms with van der Waals surface area (Å²) in [7, 11) is 0. The fourth-order valence-corrected chi connectivity index (χ4v) is 5.64. The number of hydrogen-bond acceptors (Lipinski definition) is 3. The van der Waals surface area contributed by atoms with Gasteiger partial charge in [-0.1, -0.05) is 76.5 Å². The minimum atomic E-state index is -0.487. The van der Waals surface area contributed by atoms with E-state index in [9.17, 15) is 0 Å². The SMILES string of the molecule is CCCCCCCCCCCOc1ccc2oc3c(F)cc4c(cc(F)c5oc6ccccc6c54)c3c2c1. The monoisotopic (exact) mass is 514 g/mol. The van der Waals surface area contributed by atoms with E-state index in [-0.39, 0.29) is 11.2 Å². The number of benzene rings is 4. The lowest BCUT2D eigenvalue weighted by Gasteiger charge is -2.07. The average Bonchev–Trinajstić information content (AvgIpc) is 3.51. The summed E-state index contributed by atoms with van der Waals surface area (Å²) < 4.78 is 48.4. The Morgan fingerprint density at radius 3 is 1.87 bits per heavy atom. The summed E-state index contributed by atoms with van der Waals surface area (Å²) in [5, 5.41) is 3.77. The van der Waals surface area contributed by atoms with Gasteiger partial charge in [-0.3, -0.25) is 0 Å². The predicted octanol–water partition coefficient (Wildman–Crippen LogP) is 10.8. The molecule has 2 aromatic heterocycles. The Hall–Kier alpha value is -3.60. The number of fused-ring (bicyclic) bond motifs is 9. The van der Waals surface area contributed by atoms with Gasteiger partial charge in [0, 0.05) is 21.5 Å². The van der Waals surface area contributed by atoms with Crippen molar-refractivity contribution in [2.75, 3.05) is 6.61 Å². The molecule has 0 spiro atoms. The molecule has 2 heterocycles. The molecule has 6 rings (SSSR count). The summed E-state index contributed by atoms with van der Waals surface area (Å²) in [4.78, 5) is 0. The van der Waals surface area contributed by atoms with Crippen molar-refractivity contribution in [3.05, 3.63) is 66.2 Å². The maximum absolute atomic E-state index is 15.4. The number of hydrogen-bond donors (Lipinski definition) is 0. The summed E-state index contributed by atoms with van der Waals surface area (Å²) >= 11 is 0. The number of para-hydroxylation sites is 1. The third kappa shape index (κ3) is 4.48. The molecule has 0 saturated heterocycles. The van der Waals surface area contributed by atoms with Crippen molar-refractivity contribution in [1.29, 1.82) is 0 Å². The van der Waals surface area contributed by atoms with Crippen LogP contribution >= 0.6 is 0 Å². The Kier molecular flexibility index (Phi) is 6.92. The van der Waals surface area contributed by atoms with Crippen LogP contribution < -0.4 is 4.74 Å². The van der Waals surface area contributed by atoms with E-state index in [4.69, 9.17) is 13.6 Å². The molecule has 0 atom stereocenters. The fourth-order valence-electron chi connectivity index (χ4n) is 5.64. The normalized spacial score (nSPS) is 12.1. The van der Waals surface area contributed by atoms with Gasteiger partial charge in [0.2, 0.25) is 0 Å². The van der Waals surface area contributed by atoms with E-state index >= 15 is 8.78 Å². The molecule has 0 aliphatic heterocycles. The van der Waals surface area contributed by atoms with Gasteiger partial charge < -0.3 is 13.6 Å². The van der Waals surface area contributed by atoms with E-state index < -0.39 is 11.6 Å². The van der Waals surface area contributed by atoms with Gasteiger partial charge in [-0.15, -0.1) is 0 Å². The smallest absolute Gasteiger partial charge is 0.171 e. The molecule has 196 valence electrons. The van der Waals surface area contributed by atoms with Gasteiger partial charge in [0.05, 0.1) is 6.61 Å². The Morgan fingerprint density at radius 1 is 0.605 bits per heavy atom. The lowest BCUT2D eigenvalue weighted by Crippen LogP contribution is -1.97. The summed E-state index contributed by atoms with van der Waals surface area (Å²) in [5.41, 5.74) is 1.36. The lowest BCUT2D eigenvalue weighted by molar-refractivity contribution is 0.304. The fraction of sp³-hybridized carbons (Fsp3) is 0.333. The van der Waals surface area contributed by atoms with Crippen LogP contribution in [0.5, 0.6) is 5.75 Å². The highest BCUT2D eigenvalue weighted by molar-refractivity contribution is 6.27. The maximum Gasteiger partial charge on any atom is 0.171 e. The van der Waals surface area contributed by atoms with E-state index in [1.54, 1.807) is 12.1 Å². The Bertz CT molecular complexity index is 1740. The van der Waals surface area contributed by atoms with Crippen LogP contribution in [-0.4, -0.2) is 6.61 Å². The van der Waals surface area contributed by atoms with Crippen LogP contribution in [0.25, 0.3) is 54.6 Å². The first-order valence-corrected chi connectivity index (χ1v) is 13.9. The first-order chi connectivity index (χ1) is 18.7. The van der Waals surface area contributed by atoms with Gasteiger partial charge in [0.25, 0.3) is 0 Å². The van der Waals surface area contributed by atoms with E-state index in [1.165, 1.54) is 57.1 Å². The van der Waals surface area contributed by atoms with Crippen LogP contribution in [0.4, 0.5) is 8.78 Å². The number of unbranched alkanes of at least 4 members (excludes halogenated alkanes) is 8. The van der Waals surface area contributed by atoms with Crippen LogP contribution in [0, 0.1) is 11.6 Å². The molecule has 0 aliphatic rings. The molecule has 6 aromatic rings. The van der Waals surface area contributed by atoms with Crippen LogP contribution in [0.2, 0.25) is 0 Å². The summed E-state index contributed by atoms with van der Waals surface area (Å²) in [6, 6.07) is 15.7. The number of halogens is 2. The first-order valence-electron chi connectivity index (χ1n) is 13.9. The molecule has 38 heavy (non-hydrogen) atoms. The lowest BCUT2D eigenvalue weighted by atomic mass is 9.99. The molecule has 3 nitrogen and oxygen atoms in total. The molecule has 0 aliphatic carbocycles. The van der Waals surface area contributed by atoms with E-state index in [0.717, 1.165) is 18.2 Å². The van der Waals surface area contributed by atoms with E-state index in [2.05, 4.69) is 6.92 Å². The zero-order valence-electron chi connectivity index (χ0n) is 21.7. The highest BCUT2D eigenvalue weighted by atomic mass is 19.1. The number of ether oxygens (including phenoxy) is 1. The highest BCUT2D eigenvalue weighted by Crippen LogP contribution is 2.43. The number of rotatable bonds is 11. The predicted molar refractivity (Wildman–Crippen MR) is 151 cm³/mol. The van der Waals surface area contributed by atoms with Crippen molar-refractivity contribution in [3.8, 4) is 5.75 Å². The van der Waals surface area contributed by atoms with Gasteiger partial charge in [0.1, 0.15) is 16.9 Å². The molecule has 5 heteroatoms. The maximum atomic E-state index is 15.4. The molecule has 0 amide bonds. The topological polar surface area (TPSA) is 35.5 Å². The van der Waals surface area contributed by atoms with Crippen LogP contribution in [0.15, 0.2) is 63.4 Å². The molecule has 0 unspecified atom stereocenters. The summed E-state index contributed by atoms with van der Waals surface area (Å²) in [6.45, 7) is 2.87. The van der Waals surface area contributed by atoms with E-state index in [1.807, 2.05) is 30.3 Å². The summed E-state index contributed by atoms with van der Waals surface area (Å²) in [5.74, 6) is -0.268. The van der Waals surface area contributed by atoms with Gasteiger partial charge in [0.15, 0.2) is 22.8 Å². The zero-order valence-corrected chi connectivity index (χ0v) is 21.7. The quantitative estimate of drug-likeness (QED) is 0.161. The molecule has 0 radical (unpaired) electrons. The van der Waals surface area contributed by atoms with Crippen molar-refractivity contribution in [2.24, 2.45) is 0 Å². The summed E-state index contributed by atoms with van der Waals surface area (Å²) in [6.07, 6.45) is 11.3. The Morgan fingerprint density at radius 2 is 1.18 bits per heavy atom. The van der Waals surface area contributed by atoms with Gasteiger partial charge >= 0.3 is 0 Å². The second-order valence-electron chi connectivity index (χ2n) is 10.3. The molecule has 4 aromatic carbocycles. The van der Waals surface area contributed by atoms with Crippen molar-refractivity contribution in [1.82, 2.24) is 0 Å². The zero-order chi connectivity index (χ0) is 26.1. The van der Waals surface area contributed by atoms with E-state index in [0.29, 0.717) is 50.5 Å². The van der Waals surface area contributed by atoms with Gasteiger partial charge in [-0.05, 0) is 53.6 Å². The third-order valence-electron chi connectivity index (χ3n) is 7.58. The van der Waals surface area contributed by atoms with Gasteiger partial charge in [-0.25, -0.2) is 8.78 Å². The van der Waals surface area contributed by atoms with Crippen LogP contribution in [0.3, 0.4) is 0 Å². The molecular formula is C33H32F2O3. The van der Waals surface area contributed by atoms with Crippen molar-refractivity contribution in [3.63, 3.8) is 0 Å². The largest absolute Gasteiger partial charge is 0.494 e. The molecule has 0 bridgehead atoms. The molecule has 0 N–H and O–H groups in total. The second-order valence-corrected chi connectivity index (χ2v) is 10.3. The Labute approximate surface area is 220 Å². The van der Waals surface area contributed by atoms with Crippen LogP contribution in [0.1, 0.15) is 64.7 Å². The molecular weight excluding hydrogens is 482 g/mol. The van der Waals surface area contributed by atoms with Crippen molar-refractivity contribution >= 4 is 54.6 Å². The van der Waals surface area contributed by atoms with Crippen LogP contribution in [-0.2, 0) is 0 Å². The second kappa shape index (κ2) is 10.6. The first kappa shape index (κ1) is 24.7. The minimum Gasteiger partial charge on any atom is -0.494 e. The van der Waals surface area contributed by atoms with Crippen molar-refractivity contribution < 1.29 is 22.4 Å². The number of furan rings is 2. The molecule has 0 saturated carbocycles. The average molecular weight is 515 g/mol.